The molecule has 0 unspecified atom stereocenters. The maximum atomic E-state index is 12.6. The molecule has 1 aromatic carbocycles. The predicted molar refractivity (Wildman–Crippen MR) is 83.5 cm³/mol. The second-order valence-corrected chi connectivity index (χ2v) is 5.93. The van der Waals surface area contributed by atoms with Gasteiger partial charge in [-0.2, -0.15) is 0 Å². The van der Waals surface area contributed by atoms with Gasteiger partial charge in [0, 0.05) is 23.9 Å². The summed E-state index contributed by atoms with van der Waals surface area (Å²) in [6.45, 7) is 0. The van der Waals surface area contributed by atoms with Crippen molar-refractivity contribution >= 4 is 17.6 Å². The quantitative estimate of drug-likeness (QED) is 0.813. The molecule has 6 nitrogen and oxygen atoms in total. The van der Waals surface area contributed by atoms with Crippen LogP contribution in [0.5, 0.6) is 11.5 Å². The lowest BCUT2D eigenvalue weighted by molar-refractivity contribution is -0.146. The third-order valence-electron chi connectivity index (χ3n) is 4.67. The Morgan fingerprint density at radius 3 is 2.13 bits per heavy atom. The molecule has 2 aliphatic carbocycles. The van der Waals surface area contributed by atoms with Crippen LogP contribution in [0.1, 0.15) is 6.42 Å². The zero-order valence-electron chi connectivity index (χ0n) is 13.0. The summed E-state index contributed by atoms with van der Waals surface area (Å²) >= 11 is 0. The number of methoxy groups -OCH3 is 2. The van der Waals surface area contributed by atoms with E-state index in [1.807, 2.05) is 12.2 Å². The highest BCUT2D eigenvalue weighted by Crippen LogP contribution is 2.48. The molecule has 122 valence electrons. The van der Waals surface area contributed by atoms with Crippen molar-refractivity contribution in [2.24, 2.45) is 23.7 Å². The van der Waals surface area contributed by atoms with Crippen molar-refractivity contribution in [1.82, 2.24) is 0 Å². The summed E-state index contributed by atoms with van der Waals surface area (Å²) in [7, 11) is 3.06. The number of ether oxygens (including phenoxy) is 2. The van der Waals surface area contributed by atoms with Crippen molar-refractivity contribution in [1.29, 1.82) is 0 Å². The number of carboxylic acid groups (broad SMARTS) is 1. The second kappa shape index (κ2) is 5.95. The molecular formula is C17H19NO5. The van der Waals surface area contributed by atoms with Gasteiger partial charge >= 0.3 is 5.97 Å². The molecule has 2 aliphatic rings. The molecule has 23 heavy (non-hydrogen) atoms. The average Bonchev–Trinajstić information content (AvgIpc) is 3.15. The van der Waals surface area contributed by atoms with Gasteiger partial charge < -0.3 is 19.9 Å². The van der Waals surface area contributed by atoms with E-state index in [4.69, 9.17) is 9.47 Å². The van der Waals surface area contributed by atoms with Crippen LogP contribution in [0.3, 0.4) is 0 Å². The van der Waals surface area contributed by atoms with Gasteiger partial charge in [-0.15, -0.1) is 0 Å². The van der Waals surface area contributed by atoms with Gasteiger partial charge in [-0.05, 0) is 18.3 Å². The van der Waals surface area contributed by atoms with Crippen LogP contribution in [0.4, 0.5) is 5.69 Å². The van der Waals surface area contributed by atoms with Gasteiger partial charge in [-0.3, -0.25) is 9.59 Å². The van der Waals surface area contributed by atoms with Crippen molar-refractivity contribution in [3.05, 3.63) is 30.4 Å². The van der Waals surface area contributed by atoms with E-state index in [0.29, 0.717) is 17.2 Å². The maximum Gasteiger partial charge on any atom is 0.307 e. The number of anilines is 1. The largest absolute Gasteiger partial charge is 0.497 e. The Hall–Kier alpha value is -2.50. The van der Waals surface area contributed by atoms with E-state index in [1.165, 1.54) is 14.2 Å². The number of carbonyl (C=O) groups excluding carboxylic acids is 1. The Labute approximate surface area is 134 Å². The molecule has 0 aliphatic heterocycles. The second-order valence-electron chi connectivity index (χ2n) is 5.93. The highest BCUT2D eigenvalue weighted by atomic mass is 16.5. The van der Waals surface area contributed by atoms with Crippen molar-refractivity contribution in [2.45, 2.75) is 6.42 Å². The summed E-state index contributed by atoms with van der Waals surface area (Å²) < 4.78 is 10.4. The third kappa shape index (κ3) is 2.76. The Kier molecular flexibility index (Phi) is 3.98. The summed E-state index contributed by atoms with van der Waals surface area (Å²) in [6.07, 6.45) is 4.61. The fourth-order valence-corrected chi connectivity index (χ4v) is 3.62. The molecule has 3 rings (SSSR count). The van der Waals surface area contributed by atoms with Gasteiger partial charge in [-0.25, -0.2) is 0 Å². The Balaban J connectivity index is 1.82. The number of carbonyl (C=O) groups is 2. The smallest absolute Gasteiger partial charge is 0.307 e. The normalized spacial score (nSPS) is 27.7. The molecule has 2 bridgehead atoms. The van der Waals surface area contributed by atoms with Crippen LogP contribution >= 0.6 is 0 Å². The number of fused-ring (bicyclic) bond motifs is 2. The van der Waals surface area contributed by atoms with Crippen LogP contribution in [-0.4, -0.2) is 31.2 Å². The van der Waals surface area contributed by atoms with E-state index in [1.54, 1.807) is 18.2 Å². The highest BCUT2D eigenvalue weighted by molar-refractivity contribution is 5.96. The van der Waals surface area contributed by atoms with Crippen molar-refractivity contribution in [3.63, 3.8) is 0 Å². The van der Waals surface area contributed by atoms with Gasteiger partial charge in [0.05, 0.1) is 26.1 Å². The van der Waals surface area contributed by atoms with Crippen LogP contribution in [-0.2, 0) is 9.59 Å². The molecule has 1 amide bonds. The lowest BCUT2D eigenvalue weighted by Crippen LogP contribution is -2.36. The summed E-state index contributed by atoms with van der Waals surface area (Å²) in [5, 5.41) is 12.2. The predicted octanol–water partition coefficient (Wildman–Crippen LogP) is 2.17. The maximum absolute atomic E-state index is 12.6. The molecule has 1 fully saturated rings. The van der Waals surface area contributed by atoms with E-state index in [0.717, 1.165) is 6.42 Å². The number of hydrogen-bond donors (Lipinski definition) is 2. The van der Waals surface area contributed by atoms with Crippen LogP contribution in [0.15, 0.2) is 30.4 Å². The number of allylic oxidation sites excluding steroid dienone is 2. The first-order valence-electron chi connectivity index (χ1n) is 7.48. The summed E-state index contributed by atoms with van der Waals surface area (Å²) in [6, 6.07) is 5.06. The van der Waals surface area contributed by atoms with Crippen LogP contribution in [0.25, 0.3) is 0 Å². The van der Waals surface area contributed by atoms with Crippen molar-refractivity contribution in [3.8, 4) is 11.5 Å². The van der Waals surface area contributed by atoms with E-state index in [-0.39, 0.29) is 17.7 Å². The fourth-order valence-electron chi connectivity index (χ4n) is 3.62. The first-order chi connectivity index (χ1) is 11.0. The summed E-state index contributed by atoms with van der Waals surface area (Å²) in [4.78, 5) is 24.1. The van der Waals surface area contributed by atoms with Gasteiger partial charge in [0.1, 0.15) is 11.5 Å². The number of amides is 1. The number of aliphatic carboxylic acids is 1. The van der Waals surface area contributed by atoms with E-state index in [9.17, 15) is 14.7 Å². The lowest BCUT2D eigenvalue weighted by Gasteiger charge is -2.24. The molecule has 0 saturated heterocycles. The lowest BCUT2D eigenvalue weighted by atomic mass is 9.82. The molecule has 0 heterocycles. The molecule has 0 spiro atoms. The minimum Gasteiger partial charge on any atom is -0.497 e. The van der Waals surface area contributed by atoms with E-state index < -0.39 is 17.8 Å². The van der Waals surface area contributed by atoms with Crippen molar-refractivity contribution < 1.29 is 24.2 Å². The van der Waals surface area contributed by atoms with Crippen LogP contribution in [0, 0.1) is 23.7 Å². The fraction of sp³-hybridized carbons (Fsp3) is 0.412. The van der Waals surface area contributed by atoms with Crippen LogP contribution in [0.2, 0.25) is 0 Å². The number of carboxylic acids is 1. The van der Waals surface area contributed by atoms with E-state index in [2.05, 4.69) is 5.32 Å². The average molecular weight is 317 g/mol. The number of benzene rings is 1. The Morgan fingerprint density at radius 1 is 1.04 bits per heavy atom. The Morgan fingerprint density at radius 2 is 1.61 bits per heavy atom. The number of hydrogen-bond acceptors (Lipinski definition) is 4. The molecular weight excluding hydrogens is 298 g/mol. The van der Waals surface area contributed by atoms with Gasteiger partial charge in [-0.1, -0.05) is 12.2 Å². The topological polar surface area (TPSA) is 84.9 Å². The third-order valence-corrected chi connectivity index (χ3v) is 4.67. The standard InChI is InChI=1S/C17H19NO5/c1-22-12-6-11(7-13(8-12)23-2)18-16(19)14-9-3-4-10(5-9)15(14)17(20)21/h3-4,6-10,14-15H,5H2,1-2H3,(H,18,19)(H,20,21)/t9-,10+,14-,15+/m1/s1. The monoisotopic (exact) mass is 317 g/mol. The first-order valence-corrected chi connectivity index (χ1v) is 7.48. The molecule has 0 radical (unpaired) electrons. The molecule has 6 heteroatoms. The van der Waals surface area contributed by atoms with Gasteiger partial charge in [0.25, 0.3) is 0 Å². The van der Waals surface area contributed by atoms with Gasteiger partial charge in [0.15, 0.2) is 0 Å². The zero-order chi connectivity index (χ0) is 16.6. The Bertz CT molecular complexity index is 647. The summed E-state index contributed by atoms with van der Waals surface area (Å²) in [5.74, 6) is -1.32. The zero-order valence-corrected chi connectivity index (χ0v) is 13.0. The summed E-state index contributed by atoms with van der Waals surface area (Å²) in [5.41, 5.74) is 0.530. The molecule has 1 saturated carbocycles. The van der Waals surface area contributed by atoms with Crippen molar-refractivity contribution in [2.75, 3.05) is 19.5 Å². The molecule has 1 aromatic rings. The molecule has 2 N–H and O–H groups in total. The minimum absolute atomic E-state index is 0.00592. The van der Waals surface area contributed by atoms with E-state index >= 15 is 0 Å². The molecule has 0 aromatic heterocycles. The SMILES string of the molecule is COc1cc(NC(=O)[C@H]2[C@@H](C(=O)O)[C@H]3C=C[C@@H]2C3)cc(OC)c1. The number of rotatable bonds is 5. The van der Waals surface area contributed by atoms with Gasteiger partial charge in [0.2, 0.25) is 5.91 Å². The molecule has 4 atom stereocenters. The minimum atomic E-state index is -0.912. The first kappa shape index (κ1) is 15.4. The van der Waals surface area contributed by atoms with Crippen LogP contribution < -0.4 is 14.8 Å². The highest BCUT2D eigenvalue weighted by Gasteiger charge is 2.51. The number of nitrogens with one attached hydrogen (secondary N) is 1.